The summed E-state index contributed by atoms with van der Waals surface area (Å²) in [6, 6.07) is 32.5. The second-order valence-corrected chi connectivity index (χ2v) is 10.9. The molecule has 0 bridgehead atoms. The number of nitrogens with zero attached hydrogens (tertiary/aromatic N) is 3. The van der Waals surface area contributed by atoms with Crippen LogP contribution < -0.4 is 5.56 Å². The highest BCUT2D eigenvalue weighted by Crippen LogP contribution is 2.28. The lowest BCUT2D eigenvalue weighted by molar-refractivity contribution is 0.242. The molecule has 1 aliphatic heterocycles. The molecule has 0 amide bonds. The Morgan fingerprint density at radius 2 is 1.49 bits per heavy atom. The van der Waals surface area contributed by atoms with Crippen molar-refractivity contribution in [1.29, 1.82) is 0 Å². The van der Waals surface area contributed by atoms with E-state index in [2.05, 4.69) is 52.5 Å². The zero-order chi connectivity index (χ0) is 26.6. The van der Waals surface area contributed by atoms with Gasteiger partial charge in [-0.2, -0.15) is 0 Å². The molecule has 0 aliphatic carbocycles. The van der Waals surface area contributed by atoms with Crippen molar-refractivity contribution in [2.45, 2.75) is 32.5 Å². The molecule has 3 aromatic carbocycles. The first-order valence-electron chi connectivity index (χ1n) is 13.2. The lowest BCUT2D eigenvalue weighted by Gasteiger charge is -2.30. The van der Waals surface area contributed by atoms with Gasteiger partial charge in [-0.1, -0.05) is 90.7 Å². The number of hydrogen-bond donors (Lipinski definition) is 0. The molecule has 1 aliphatic rings. The summed E-state index contributed by atoms with van der Waals surface area (Å²) in [6.45, 7) is 4.23. The van der Waals surface area contributed by atoms with Crippen molar-refractivity contribution in [3.05, 3.63) is 157 Å². The quantitative estimate of drug-likeness (QED) is 0.255. The molecule has 192 valence electrons. The molecule has 3 heterocycles. The number of fused-ring (bicyclic) bond motifs is 1. The van der Waals surface area contributed by atoms with E-state index in [1.807, 2.05) is 78.2 Å². The molecular formula is C34H29N3OS. The third-order valence-electron chi connectivity index (χ3n) is 7.16. The van der Waals surface area contributed by atoms with E-state index in [9.17, 15) is 4.79 Å². The smallest absolute Gasteiger partial charge is 0.259 e. The second-order valence-electron chi connectivity index (χ2n) is 9.86. The highest BCUT2D eigenvalue weighted by Gasteiger charge is 2.27. The molecule has 0 spiro atoms. The molecule has 2 aromatic heterocycles. The first kappa shape index (κ1) is 25.1. The van der Waals surface area contributed by atoms with Crippen LogP contribution in [0.3, 0.4) is 0 Å². The fraction of sp³-hybridized carbons (Fsp3) is 0.176. The molecule has 0 atom stereocenters. The van der Waals surface area contributed by atoms with Crippen molar-refractivity contribution >= 4 is 11.3 Å². The van der Waals surface area contributed by atoms with Crippen LogP contribution in [0, 0.1) is 18.8 Å². The minimum Gasteiger partial charge on any atom is -0.293 e. The number of aryl methyl sites for hydroxylation is 1. The van der Waals surface area contributed by atoms with Crippen LogP contribution in [0.1, 0.15) is 50.3 Å². The Morgan fingerprint density at radius 1 is 0.872 bits per heavy atom. The van der Waals surface area contributed by atoms with Gasteiger partial charge in [0.05, 0.1) is 17.3 Å². The standard InChI is InChI=1S/C34H29N3OS/c1-25-35-32-19-20-36(22-30-21-27(24-39-30)18-17-26-11-5-2-6-12-26)23-31(32)34(38)37(25)33(28-13-7-3-8-14-28)29-15-9-4-10-16-29/h2-16,21,24,33H,19-20,22-23H2,1H3. The average Bonchev–Trinajstić information content (AvgIpc) is 3.43. The Bertz CT molecular complexity index is 1660. The summed E-state index contributed by atoms with van der Waals surface area (Å²) in [4.78, 5) is 22.7. The van der Waals surface area contributed by atoms with E-state index in [0.29, 0.717) is 6.54 Å². The van der Waals surface area contributed by atoms with Crippen LogP contribution in [0.15, 0.2) is 107 Å². The van der Waals surface area contributed by atoms with Crippen LogP contribution >= 0.6 is 11.3 Å². The summed E-state index contributed by atoms with van der Waals surface area (Å²) in [7, 11) is 0. The van der Waals surface area contributed by atoms with Crippen LogP contribution in [-0.2, 0) is 19.5 Å². The van der Waals surface area contributed by atoms with Gasteiger partial charge in [0.1, 0.15) is 5.82 Å². The Balaban J connectivity index is 1.28. The number of thiophene rings is 1. The molecule has 0 saturated heterocycles. The average molecular weight is 528 g/mol. The van der Waals surface area contributed by atoms with Crippen molar-refractivity contribution in [3.8, 4) is 11.8 Å². The minimum atomic E-state index is -0.226. The lowest BCUT2D eigenvalue weighted by Crippen LogP contribution is -2.40. The molecule has 39 heavy (non-hydrogen) atoms. The van der Waals surface area contributed by atoms with E-state index < -0.39 is 0 Å². The zero-order valence-electron chi connectivity index (χ0n) is 21.9. The number of rotatable bonds is 5. The Morgan fingerprint density at radius 3 is 2.15 bits per heavy atom. The van der Waals surface area contributed by atoms with Gasteiger partial charge in [-0.05, 0) is 36.2 Å². The van der Waals surface area contributed by atoms with E-state index >= 15 is 0 Å². The van der Waals surface area contributed by atoms with Gasteiger partial charge >= 0.3 is 0 Å². The van der Waals surface area contributed by atoms with Gasteiger partial charge < -0.3 is 0 Å². The Hall–Kier alpha value is -4.24. The largest absolute Gasteiger partial charge is 0.293 e. The summed E-state index contributed by atoms with van der Waals surface area (Å²) in [5, 5.41) is 2.12. The van der Waals surface area contributed by atoms with E-state index in [4.69, 9.17) is 4.98 Å². The third-order valence-corrected chi connectivity index (χ3v) is 8.09. The molecule has 0 N–H and O–H groups in total. The summed E-state index contributed by atoms with van der Waals surface area (Å²) >= 11 is 1.73. The van der Waals surface area contributed by atoms with Gasteiger partial charge in [0.2, 0.25) is 0 Å². The van der Waals surface area contributed by atoms with Crippen molar-refractivity contribution in [2.24, 2.45) is 0 Å². The highest BCUT2D eigenvalue weighted by molar-refractivity contribution is 7.10. The molecular weight excluding hydrogens is 498 g/mol. The SMILES string of the molecule is Cc1nc2c(c(=O)n1C(c1ccccc1)c1ccccc1)CN(Cc1cc(C#Cc3ccccc3)cs1)CC2. The summed E-state index contributed by atoms with van der Waals surface area (Å²) in [5.41, 5.74) is 6.00. The van der Waals surface area contributed by atoms with Gasteiger partial charge in [-0.3, -0.25) is 14.3 Å². The van der Waals surface area contributed by atoms with Gasteiger partial charge in [-0.25, -0.2) is 4.98 Å². The molecule has 5 heteroatoms. The monoisotopic (exact) mass is 527 g/mol. The number of hydrogen-bond acceptors (Lipinski definition) is 4. The summed E-state index contributed by atoms with van der Waals surface area (Å²) in [5.74, 6) is 7.27. The van der Waals surface area contributed by atoms with Crippen molar-refractivity contribution in [1.82, 2.24) is 14.5 Å². The first-order chi connectivity index (χ1) is 19.2. The van der Waals surface area contributed by atoms with Gasteiger partial charge in [0, 0.05) is 47.4 Å². The molecule has 4 nitrogen and oxygen atoms in total. The van der Waals surface area contributed by atoms with Crippen molar-refractivity contribution in [2.75, 3.05) is 6.54 Å². The van der Waals surface area contributed by atoms with E-state index in [-0.39, 0.29) is 11.6 Å². The fourth-order valence-corrected chi connectivity index (χ4v) is 6.14. The Kier molecular flexibility index (Phi) is 7.23. The number of benzene rings is 3. The zero-order valence-corrected chi connectivity index (χ0v) is 22.7. The fourth-order valence-electron chi connectivity index (χ4n) is 5.28. The van der Waals surface area contributed by atoms with Crippen molar-refractivity contribution < 1.29 is 0 Å². The van der Waals surface area contributed by atoms with Crippen LogP contribution in [0.5, 0.6) is 0 Å². The van der Waals surface area contributed by atoms with Crippen molar-refractivity contribution in [3.63, 3.8) is 0 Å². The van der Waals surface area contributed by atoms with Crippen LogP contribution in [-0.4, -0.2) is 21.0 Å². The summed E-state index contributed by atoms with van der Waals surface area (Å²) in [6.07, 6.45) is 0.777. The van der Waals surface area contributed by atoms with Crippen LogP contribution in [0.4, 0.5) is 0 Å². The van der Waals surface area contributed by atoms with Gasteiger partial charge in [-0.15, -0.1) is 11.3 Å². The maximum Gasteiger partial charge on any atom is 0.259 e. The predicted molar refractivity (Wildman–Crippen MR) is 158 cm³/mol. The van der Waals surface area contributed by atoms with E-state index in [1.54, 1.807) is 11.3 Å². The van der Waals surface area contributed by atoms with Gasteiger partial charge in [0.25, 0.3) is 5.56 Å². The van der Waals surface area contributed by atoms with Crippen LogP contribution in [0.25, 0.3) is 0 Å². The normalized spacial score (nSPS) is 13.1. The third kappa shape index (κ3) is 5.49. The molecule has 0 fully saturated rings. The van der Waals surface area contributed by atoms with Gasteiger partial charge in [0.15, 0.2) is 0 Å². The minimum absolute atomic E-state index is 0.0560. The molecule has 5 aromatic rings. The predicted octanol–water partition coefficient (Wildman–Crippen LogP) is 6.21. The van der Waals surface area contributed by atoms with Crippen LogP contribution in [0.2, 0.25) is 0 Å². The number of aromatic nitrogens is 2. The first-order valence-corrected chi connectivity index (χ1v) is 14.1. The molecule has 0 radical (unpaired) electrons. The summed E-state index contributed by atoms with van der Waals surface area (Å²) < 4.78 is 1.88. The highest BCUT2D eigenvalue weighted by atomic mass is 32.1. The van der Waals surface area contributed by atoms with E-state index in [1.165, 1.54) is 4.88 Å². The molecule has 0 unspecified atom stereocenters. The topological polar surface area (TPSA) is 38.1 Å². The van der Waals surface area contributed by atoms with E-state index in [0.717, 1.165) is 58.8 Å². The maximum atomic E-state index is 14.1. The maximum absolute atomic E-state index is 14.1. The molecule has 0 saturated carbocycles. The lowest BCUT2D eigenvalue weighted by atomic mass is 9.97. The Labute approximate surface area is 233 Å². The second kappa shape index (κ2) is 11.2. The molecule has 6 rings (SSSR count).